The van der Waals surface area contributed by atoms with Crippen LogP contribution in [0, 0.1) is 12.7 Å². The Kier molecular flexibility index (Phi) is 5.75. The summed E-state index contributed by atoms with van der Waals surface area (Å²) >= 11 is 1.59. The SMILES string of the molecule is COc1cc(C2SC(c3ccccc3)=Nc3c2c(C)nn3-c2ccc(F)cc2)cc(OC)c1O. The fourth-order valence-corrected chi connectivity index (χ4v) is 5.31. The first-order valence-electron chi connectivity index (χ1n) is 10.6. The van der Waals surface area contributed by atoms with Crippen molar-refractivity contribution in [2.24, 2.45) is 4.99 Å². The van der Waals surface area contributed by atoms with Gasteiger partial charge in [-0.15, -0.1) is 0 Å². The first-order chi connectivity index (χ1) is 16.5. The van der Waals surface area contributed by atoms with E-state index in [1.807, 2.05) is 49.4 Å². The molecule has 1 aromatic heterocycles. The van der Waals surface area contributed by atoms with Crippen molar-refractivity contribution in [3.05, 3.63) is 94.9 Å². The molecule has 2 heterocycles. The van der Waals surface area contributed by atoms with Crippen LogP contribution in [-0.4, -0.2) is 34.2 Å². The summed E-state index contributed by atoms with van der Waals surface area (Å²) in [6, 6.07) is 19.7. The predicted molar refractivity (Wildman–Crippen MR) is 132 cm³/mol. The Hall–Kier alpha value is -3.78. The lowest BCUT2D eigenvalue weighted by molar-refractivity contribution is 0.339. The van der Waals surface area contributed by atoms with Crippen molar-refractivity contribution in [1.29, 1.82) is 0 Å². The molecule has 5 rings (SSSR count). The Morgan fingerprint density at radius 3 is 2.24 bits per heavy atom. The third-order valence-corrected chi connectivity index (χ3v) is 6.97. The molecule has 6 nitrogen and oxygen atoms in total. The van der Waals surface area contributed by atoms with Gasteiger partial charge in [-0.25, -0.2) is 14.1 Å². The molecule has 0 aliphatic carbocycles. The van der Waals surface area contributed by atoms with Crippen LogP contribution in [0.2, 0.25) is 0 Å². The highest BCUT2D eigenvalue weighted by atomic mass is 32.2. The number of thioether (sulfide) groups is 1. The second-order valence-corrected chi connectivity index (χ2v) is 8.86. The molecule has 1 aliphatic heterocycles. The summed E-state index contributed by atoms with van der Waals surface area (Å²) < 4.78 is 26.1. The fraction of sp³-hybridized carbons (Fsp3) is 0.154. The molecule has 0 saturated heterocycles. The number of phenols is 1. The Morgan fingerprint density at radius 1 is 0.971 bits per heavy atom. The quantitative estimate of drug-likeness (QED) is 0.386. The average molecular weight is 476 g/mol. The summed E-state index contributed by atoms with van der Waals surface area (Å²) in [5, 5.41) is 15.8. The third kappa shape index (κ3) is 3.80. The molecule has 0 spiro atoms. The van der Waals surface area contributed by atoms with Gasteiger partial charge < -0.3 is 14.6 Å². The molecule has 0 amide bonds. The zero-order chi connectivity index (χ0) is 23.8. The van der Waals surface area contributed by atoms with Crippen LogP contribution in [0.25, 0.3) is 5.69 Å². The van der Waals surface area contributed by atoms with E-state index in [4.69, 9.17) is 19.6 Å². The van der Waals surface area contributed by atoms with Crippen LogP contribution < -0.4 is 9.47 Å². The topological polar surface area (TPSA) is 68.9 Å². The van der Waals surface area contributed by atoms with Gasteiger partial charge in [0.15, 0.2) is 17.3 Å². The number of hydrogen-bond donors (Lipinski definition) is 1. The Morgan fingerprint density at radius 2 is 1.62 bits per heavy atom. The van der Waals surface area contributed by atoms with Gasteiger partial charge in [0.1, 0.15) is 10.9 Å². The highest BCUT2D eigenvalue weighted by Gasteiger charge is 2.33. The van der Waals surface area contributed by atoms with Crippen molar-refractivity contribution in [1.82, 2.24) is 9.78 Å². The molecular formula is C26H22FN3O3S. The van der Waals surface area contributed by atoms with Crippen LogP contribution in [-0.2, 0) is 0 Å². The van der Waals surface area contributed by atoms with E-state index < -0.39 is 0 Å². The third-order valence-electron chi connectivity index (χ3n) is 5.68. The number of ether oxygens (including phenoxy) is 2. The molecule has 0 fully saturated rings. The van der Waals surface area contributed by atoms with E-state index in [1.165, 1.54) is 26.4 Å². The van der Waals surface area contributed by atoms with Gasteiger partial charge in [0.05, 0.1) is 30.9 Å². The van der Waals surface area contributed by atoms with Crippen molar-refractivity contribution in [2.75, 3.05) is 14.2 Å². The van der Waals surface area contributed by atoms with E-state index in [-0.39, 0.29) is 16.8 Å². The van der Waals surface area contributed by atoms with Gasteiger partial charge in [-0.2, -0.15) is 5.10 Å². The number of aromatic hydroxyl groups is 1. The van der Waals surface area contributed by atoms with Crippen molar-refractivity contribution in [2.45, 2.75) is 12.2 Å². The first-order valence-corrected chi connectivity index (χ1v) is 11.5. The lowest BCUT2D eigenvalue weighted by Gasteiger charge is -2.24. The average Bonchev–Trinajstić information content (AvgIpc) is 3.21. The number of aryl methyl sites for hydroxylation is 1. The molecule has 4 aromatic rings. The molecular weight excluding hydrogens is 453 g/mol. The monoisotopic (exact) mass is 475 g/mol. The maximum absolute atomic E-state index is 13.6. The van der Waals surface area contributed by atoms with Crippen LogP contribution in [0.1, 0.15) is 27.6 Å². The lowest BCUT2D eigenvalue weighted by atomic mass is 10.0. The van der Waals surface area contributed by atoms with Gasteiger partial charge in [0.2, 0.25) is 5.75 Å². The molecule has 0 bridgehead atoms. The molecule has 1 aliphatic rings. The van der Waals surface area contributed by atoms with Gasteiger partial charge in [-0.05, 0) is 48.9 Å². The fourth-order valence-electron chi connectivity index (χ4n) is 4.01. The minimum Gasteiger partial charge on any atom is -0.502 e. The van der Waals surface area contributed by atoms with Gasteiger partial charge in [-0.3, -0.25) is 0 Å². The van der Waals surface area contributed by atoms with E-state index in [0.717, 1.165) is 27.4 Å². The Bertz CT molecular complexity index is 1360. The summed E-state index contributed by atoms with van der Waals surface area (Å²) in [6.45, 7) is 1.93. The minimum atomic E-state index is -0.313. The van der Waals surface area contributed by atoms with Crippen molar-refractivity contribution >= 4 is 22.6 Å². The van der Waals surface area contributed by atoms with Gasteiger partial charge in [-0.1, -0.05) is 42.1 Å². The van der Waals surface area contributed by atoms with Gasteiger partial charge in [0, 0.05) is 11.1 Å². The molecule has 0 saturated carbocycles. The number of phenolic OH excluding ortho intramolecular Hbond substituents is 1. The number of methoxy groups -OCH3 is 2. The maximum atomic E-state index is 13.6. The normalized spacial score (nSPS) is 14.9. The largest absolute Gasteiger partial charge is 0.502 e. The number of benzene rings is 3. The predicted octanol–water partition coefficient (Wildman–Crippen LogP) is 5.96. The number of halogens is 1. The Labute approximate surface area is 200 Å². The van der Waals surface area contributed by atoms with Crippen LogP contribution in [0.3, 0.4) is 0 Å². The van der Waals surface area contributed by atoms with Crippen molar-refractivity contribution < 1.29 is 19.0 Å². The first kappa shape index (κ1) is 22.0. The van der Waals surface area contributed by atoms with Crippen LogP contribution in [0.15, 0.2) is 71.7 Å². The van der Waals surface area contributed by atoms with E-state index in [9.17, 15) is 9.50 Å². The number of fused-ring (bicyclic) bond motifs is 1. The standard InChI is InChI=1S/C26H22FN3O3S/c1-15-22-24(17-13-20(32-2)23(31)21(14-17)33-3)34-26(16-7-5-4-6-8-16)28-25(22)30(29-15)19-11-9-18(27)10-12-19/h4-14,24,31H,1-3H3. The van der Waals surface area contributed by atoms with E-state index in [1.54, 1.807) is 28.6 Å². The van der Waals surface area contributed by atoms with E-state index in [2.05, 4.69) is 0 Å². The molecule has 1 N–H and O–H groups in total. The van der Waals surface area contributed by atoms with E-state index >= 15 is 0 Å². The molecule has 34 heavy (non-hydrogen) atoms. The second-order valence-electron chi connectivity index (χ2n) is 7.77. The molecule has 3 aromatic carbocycles. The molecule has 0 radical (unpaired) electrons. The summed E-state index contributed by atoms with van der Waals surface area (Å²) in [5.41, 5.74) is 4.31. The van der Waals surface area contributed by atoms with Crippen molar-refractivity contribution in [3.8, 4) is 22.9 Å². The maximum Gasteiger partial charge on any atom is 0.200 e. The lowest BCUT2D eigenvalue weighted by Crippen LogP contribution is -2.10. The summed E-state index contributed by atoms with van der Waals surface area (Å²) in [6.07, 6.45) is 0. The zero-order valence-electron chi connectivity index (χ0n) is 18.8. The highest BCUT2D eigenvalue weighted by molar-refractivity contribution is 8.14. The summed E-state index contributed by atoms with van der Waals surface area (Å²) in [4.78, 5) is 4.99. The van der Waals surface area contributed by atoms with Crippen molar-refractivity contribution in [3.63, 3.8) is 0 Å². The number of nitrogens with zero attached hydrogens (tertiary/aromatic N) is 3. The van der Waals surface area contributed by atoms with E-state index in [0.29, 0.717) is 23.0 Å². The summed E-state index contributed by atoms with van der Waals surface area (Å²) in [7, 11) is 3.01. The number of rotatable bonds is 5. The highest BCUT2D eigenvalue weighted by Crippen LogP contribution is 2.51. The number of aromatic nitrogens is 2. The van der Waals surface area contributed by atoms with Crippen LogP contribution >= 0.6 is 11.8 Å². The minimum absolute atomic E-state index is 0.0505. The van der Waals surface area contributed by atoms with Gasteiger partial charge in [0.25, 0.3) is 0 Å². The molecule has 172 valence electrons. The molecule has 8 heteroatoms. The molecule has 1 unspecified atom stereocenters. The van der Waals surface area contributed by atoms with Gasteiger partial charge >= 0.3 is 0 Å². The van der Waals surface area contributed by atoms with Crippen LogP contribution in [0.5, 0.6) is 17.2 Å². The van der Waals surface area contributed by atoms with Crippen LogP contribution in [0.4, 0.5) is 10.2 Å². The zero-order valence-corrected chi connectivity index (χ0v) is 19.6. The summed E-state index contributed by atoms with van der Waals surface area (Å²) in [5.74, 6) is 0.961. The smallest absolute Gasteiger partial charge is 0.200 e. The second kappa shape index (κ2) is 8.87. The Balaban J connectivity index is 1.74. The molecule has 1 atom stereocenters. The number of hydrogen-bond acceptors (Lipinski definition) is 6. The number of aliphatic imine (C=N–C) groups is 1.